The summed E-state index contributed by atoms with van der Waals surface area (Å²) in [4.78, 5) is 12.0. The van der Waals surface area contributed by atoms with Crippen LogP contribution in [-0.2, 0) is 4.79 Å². The Hall–Kier alpha value is -2.80. The standard InChI is InChI=1S/C17H16N2O2/c1-12-3-9-16(10-4-12)21-13(2)17(20)19-15-7-5-14(11-18)6-8-15/h3-10,13H,1-2H3,(H,19,20)/t13-/m0/s1. The summed E-state index contributed by atoms with van der Waals surface area (Å²) < 4.78 is 5.58. The number of hydrogen-bond acceptors (Lipinski definition) is 3. The molecule has 21 heavy (non-hydrogen) atoms. The first kappa shape index (κ1) is 14.6. The van der Waals surface area contributed by atoms with Crippen molar-refractivity contribution in [2.45, 2.75) is 20.0 Å². The van der Waals surface area contributed by atoms with E-state index in [-0.39, 0.29) is 5.91 Å². The average Bonchev–Trinajstić information content (AvgIpc) is 2.50. The lowest BCUT2D eigenvalue weighted by atomic mass is 10.2. The molecule has 0 bridgehead atoms. The number of nitrogens with one attached hydrogen (secondary N) is 1. The molecule has 2 aromatic rings. The van der Waals surface area contributed by atoms with Crippen LogP contribution in [0.2, 0.25) is 0 Å². The van der Waals surface area contributed by atoms with Crippen molar-refractivity contribution in [1.29, 1.82) is 5.26 Å². The Kier molecular flexibility index (Phi) is 4.57. The fourth-order valence-electron chi connectivity index (χ4n) is 1.75. The molecule has 4 nitrogen and oxygen atoms in total. The van der Waals surface area contributed by atoms with Crippen LogP contribution in [-0.4, -0.2) is 12.0 Å². The van der Waals surface area contributed by atoms with Gasteiger partial charge in [-0.3, -0.25) is 4.79 Å². The van der Waals surface area contributed by atoms with E-state index in [1.165, 1.54) is 0 Å². The molecule has 0 aliphatic carbocycles. The first-order chi connectivity index (χ1) is 10.1. The molecule has 106 valence electrons. The van der Waals surface area contributed by atoms with Crippen molar-refractivity contribution in [2.75, 3.05) is 5.32 Å². The average molecular weight is 280 g/mol. The monoisotopic (exact) mass is 280 g/mol. The van der Waals surface area contributed by atoms with Crippen LogP contribution in [0.4, 0.5) is 5.69 Å². The molecule has 1 atom stereocenters. The number of rotatable bonds is 4. The number of carbonyl (C=O) groups excluding carboxylic acids is 1. The van der Waals surface area contributed by atoms with Crippen LogP contribution in [0.3, 0.4) is 0 Å². The van der Waals surface area contributed by atoms with Gasteiger partial charge in [-0.2, -0.15) is 5.26 Å². The van der Waals surface area contributed by atoms with Crippen LogP contribution in [0.15, 0.2) is 48.5 Å². The maximum absolute atomic E-state index is 12.0. The maximum Gasteiger partial charge on any atom is 0.265 e. The Bertz CT molecular complexity index is 655. The van der Waals surface area contributed by atoms with E-state index in [1.807, 2.05) is 37.3 Å². The topological polar surface area (TPSA) is 62.1 Å². The molecule has 0 saturated carbocycles. The minimum absolute atomic E-state index is 0.236. The molecule has 0 fully saturated rings. The smallest absolute Gasteiger partial charge is 0.265 e. The predicted octanol–water partition coefficient (Wildman–Crippen LogP) is 3.27. The molecule has 1 amide bonds. The van der Waals surface area contributed by atoms with E-state index < -0.39 is 6.10 Å². The zero-order chi connectivity index (χ0) is 15.2. The van der Waals surface area contributed by atoms with Gasteiger partial charge in [-0.05, 0) is 50.2 Å². The molecule has 0 aliphatic heterocycles. The van der Waals surface area contributed by atoms with Crippen molar-refractivity contribution < 1.29 is 9.53 Å². The summed E-state index contributed by atoms with van der Waals surface area (Å²) in [6.45, 7) is 3.68. The predicted molar refractivity (Wildman–Crippen MR) is 81.1 cm³/mol. The van der Waals surface area contributed by atoms with E-state index in [4.69, 9.17) is 10.00 Å². The normalized spacial score (nSPS) is 11.3. The number of nitriles is 1. The number of ether oxygens (including phenoxy) is 1. The van der Waals surface area contributed by atoms with Gasteiger partial charge in [-0.1, -0.05) is 17.7 Å². The molecule has 0 unspecified atom stereocenters. The number of nitrogens with zero attached hydrogens (tertiary/aromatic N) is 1. The number of anilines is 1. The fourth-order valence-corrected chi connectivity index (χ4v) is 1.75. The lowest BCUT2D eigenvalue weighted by molar-refractivity contribution is -0.122. The van der Waals surface area contributed by atoms with Gasteiger partial charge in [-0.25, -0.2) is 0 Å². The Labute approximate surface area is 124 Å². The van der Waals surface area contributed by atoms with E-state index in [0.717, 1.165) is 5.56 Å². The van der Waals surface area contributed by atoms with Gasteiger partial charge in [0.1, 0.15) is 5.75 Å². The molecule has 1 N–H and O–H groups in total. The third kappa shape index (κ3) is 4.08. The summed E-state index contributed by atoms with van der Waals surface area (Å²) >= 11 is 0. The fraction of sp³-hybridized carbons (Fsp3) is 0.176. The minimum atomic E-state index is -0.608. The van der Waals surface area contributed by atoms with Crippen LogP contribution >= 0.6 is 0 Å². The zero-order valence-corrected chi connectivity index (χ0v) is 12.0. The first-order valence-electron chi connectivity index (χ1n) is 6.63. The van der Waals surface area contributed by atoms with Crippen molar-refractivity contribution in [1.82, 2.24) is 0 Å². The third-order valence-corrected chi connectivity index (χ3v) is 2.98. The van der Waals surface area contributed by atoms with Gasteiger partial charge >= 0.3 is 0 Å². The molecule has 0 heterocycles. The van der Waals surface area contributed by atoms with Gasteiger partial charge in [0.05, 0.1) is 11.6 Å². The zero-order valence-electron chi connectivity index (χ0n) is 12.0. The van der Waals surface area contributed by atoms with E-state index in [9.17, 15) is 4.79 Å². The quantitative estimate of drug-likeness (QED) is 0.935. The lowest BCUT2D eigenvalue weighted by Gasteiger charge is -2.15. The Balaban J connectivity index is 1.95. The molecule has 2 aromatic carbocycles. The minimum Gasteiger partial charge on any atom is -0.481 e. The SMILES string of the molecule is Cc1ccc(O[C@@H](C)C(=O)Nc2ccc(C#N)cc2)cc1. The maximum atomic E-state index is 12.0. The second-order valence-electron chi connectivity index (χ2n) is 4.75. The van der Waals surface area contributed by atoms with Crippen molar-refractivity contribution in [3.8, 4) is 11.8 Å². The molecule has 0 radical (unpaired) electrons. The highest BCUT2D eigenvalue weighted by Crippen LogP contribution is 2.15. The summed E-state index contributed by atoms with van der Waals surface area (Å²) in [5, 5.41) is 11.5. The highest BCUT2D eigenvalue weighted by molar-refractivity contribution is 5.94. The molecular formula is C17H16N2O2. The Morgan fingerprint density at radius 1 is 1.14 bits per heavy atom. The molecule has 0 spiro atoms. The molecule has 0 saturated heterocycles. The number of hydrogen-bond donors (Lipinski definition) is 1. The summed E-state index contributed by atoms with van der Waals surface area (Å²) in [5.41, 5.74) is 2.33. The molecular weight excluding hydrogens is 264 g/mol. The highest BCUT2D eigenvalue weighted by atomic mass is 16.5. The summed E-state index contributed by atoms with van der Waals surface area (Å²) in [7, 11) is 0. The number of benzene rings is 2. The van der Waals surface area contributed by atoms with Crippen LogP contribution in [0, 0.1) is 18.3 Å². The van der Waals surface area contributed by atoms with Crippen molar-refractivity contribution in [3.05, 3.63) is 59.7 Å². The van der Waals surface area contributed by atoms with Gasteiger partial charge in [0.2, 0.25) is 0 Å². The van der Waals surface area contributed by atoms with Crippen LogP contribution < -0.4 is 10.1 Å². The van der Waals surface area contributed by atoms with Crippen molar-refractivity contribution in [3.63, 3.8) is 0 Å². The van der Waals surface area contributed by atoms with Crippen LogP contribution in [0.1, 0.15) is 18.1 Å². The number of carbonyl (C=O) groups is 1. The summed E-state index contributed by atoms with van der Waals surface area (Å²) in [6, 6.07) is 16.2. The van der Waals surface area contributed by atoms with E-state index in [2.05, 4.69) is 5.32 Å². The van der Waals surface area contributed by atoms with Crippen LogP contribution in [0.5, 0.6) is 5.75 Å². The molecule has 2 rings (SSSR count). The first-order valence-corrected chi connectivity index (χ1v) is 6.63. The van der Waals surface area contributed by atoms with E-state index in [1.54, 1.807) is 31.2 Å². The summed E-state index contributed by atoms with van der Waals surface area (Å²) in [5.74, 6) is 0.420. The Morgan fingerprint density at radius 3 is 2.33 bits per heavy atom. The van der Waals surface area contributed by atoms with Gasteiger partial charge in [0.25, 0.3) is 5.91 Å². The van der Waals surface area contributed by atoms with Crippen molar-refractivity contribution in [2.24, 2.45) is 0 Å². The van der Waals surface area contributed by atoms with Crippen molar-refractivity contribution >= 4 is 11.6 Å². The van der Waals surface area contributed by atoms with E-state index in [0.29, 0.717) is 17.0 Å². The van der Waals surface area contributed by atoms with Gasteiger partial charge < -0.3 is 10.1 Å². The van der Waals surface area contributed by atoms with Gasteiger partial charge in [0.15, 0.2) is 6.10 Å². The molecule has 4 heteroatoms. The van der Waals surface area contributed by atoms with E-state index >= 15 is 0 Å². The van der Waals surface area contributed by atoms with Gasteiger partial charge in [-0.15, -0.1) is 0 Å². The van der Waals surface area contributed by atoms with Crippen LogP contribution in [0.25, 0.3) is 0 Å². The largest absolute Gasteiger partial charge is 0.481 e. The Morgan fingerprint density at radius 2 is 1.76 bits per heavy atom. The highest BCUT2D eigenvalue weighted by Gasteiger charge is 2.14. The summed E-state index contributed by atoms with van der Waals surface area (Å²) in [6.07, 6.45) is -0.608. The third-order valence-electron chi connectivity index (χ3n) is 2.98. The molecule has 0 aliphatic rings. The lowest BCUT2D eigenvalue weighted by Crippen LogP contribution is -2.30. The second-order valence-corrected chi connectivity index (χ2v) is 4.75. The van der Waals surface area contributed by atoms with Gasteiger partial charge in [0, 0.05) is 5.69 Å². The number of amides is 1. The molecule has 0 aromatic heterocycles. The second kappa shape index (κ2) is 6.58. The number of aryl methyl sites for hydroxylation is 1.